The van der Waals surface area contributed by atoms with Gasteiger partial charge < -0.3 is 14.0 Å². The largest absolute Gasteiger partial charge is 0.551 e. The standard InChI is InChI=1S/C36H22BNO2/c1-6-16-30(38-31-17-7-2-12-25(31)26-13-3-8-18-32(26)38)24(11-1)23-21-28-27-14-4-9-19-33(27)40-37-29-15-5-10-20-34(29)39-35(22-23)36(28)37/h1-22H. The average molecular weight is 511 g/mol. The van der Waals surface area contributed by atoms with Gasteiger partial charge in [-0.3, -0.25) is 0 Å². The summed E-state index contributed by atoms with van der Waals surface area (Å²) in [4.78, 5) is 0. The summed E-state index contributed by atoms with van der Waals surface area (Å²) in [5.74, 6) is 2.59. The maximum absolute atomic E-state index is 6.61. The highest BCUT2D eigenvalue weighted by molar-refractivity contribution is 6.84. The molecular formula is C36H22BNO2. The Bertz CT molecular complexity index is 2090. The summed E-state index contributed by atoms with van der Waals surface area (Å²) in [6, 6.07) is 47.0. The number of nitrogens with zero attached hydrogens (tertiary/aromatic N) is 1. The van der Waals surface area contributed by atoms with E-state index in [-0.39, 0.29) is 6.92 Å². The summed E-state index contributed by atoms with van der Waals surface area (Å²) < 4.78 is 15.6. The average Bonchev–Trinajstić information content (AvgIpc) is 3.35. The van der Waals surface area contributed by atoms with Gasteiger partial charge in [-0.15, -0.1) is 0 Å². The molecule has 40 heavy (non-hydrogen) atoms. The molecule has 2 aliphatic heterocycles. The molecule has 0 saturated carbocycles. The molecule has 0 fully saturated rings. The van der Waals surface area contributed by atoms with E-state index in [1.54, 1.807) is 0 Å². The Labute approximate surface area is 232 Å². The molecular weight excluding hydrogens is 489 g/mol. The van der Waals surface area contributed by atoms with Crippen LogP contribution in [0.15, 0.2) is 133 Å². The number of rotatable bonds is 2. The number of hydrogen-bond acceptors (Lipinski definition) is 2. The predicted molar refractivity (Wildman–Crippen MR) is 164 cm³/mol. The molecule has 4 heteroatoms. The summed E-state index contributed by atoms with van der Waals surface area (Å²) in [6.45, 7) is -0.202. The SMILES string of the molecule is c1ccc2c(c1)Oc1cc(-c3ccccc3-n3c4ccccc4c4ccccc43)cc3c1B2Oc1ccccc1-3. The Morgan fingerprint density at radius 3 is 1.93 bits per heavy atom. The predicted octanol–water partition coefficient (Wildman–Crippen LogP) is 7.72. The normalized spacial score (nSPS) is 12.8. The monoisotopic (exact) mass is 511 g/mol. The molecule has 0 N–H and O–H groups in total. The van der Waals surface area contributed by atoms with Crippen molar-refractivity contribution in [3.63, 3.8) is 0 Å². The fourth-order valence-electron chi connectivity index (χ4n) is 6.56. The maximum atomic E-state index is 6.61. The van der Waals surface area contributed by atoms with Crippen LogP contribution in [-0.2, 0) is 0 Å². The van der Waals surface area contributed by atoms with Gasteiger partial charge in [0, 0.05) is 32.8 Å². The molecule has 0 unspecified atom stereocenters. The van der Waals surface area contributed by atoms with E-state index in [0.29, 0.717) is 0 Å². The molecule has 0 bridgehead atoms. The van der Waals surface area contributed by atoms with E-state index < -0.39 is 0 Å². The van der Waals surface area contributed by atoms with Gasteiger partial charge >= 0.3 is 6.92 Å². The number of para-hydroxylation sites is 5. The zero-order valence-electron chi connectivity index (χ0n) is 21.5. The van der Waals surface area contributed by atoms with Crippen molar-refractivity contribution in [1.29, 1.82) is 0 Å². The van der Waals surface area contributed by atoms with Crippen LogP contribution in [-0.4, -0.2) is 11.5 Å². The molecule has 0 spiro atoms. The Kier molecular flexibility index (Phi) is 4.41. The second-order valence-corrected chi connectivity index (χ2v) is 10.5. The first-order chi connectivity index (χ1) is 19.8. The third kappa shape index (κ3) is 2.96. The number of benzene rings is 6. The molecule has 1 aromatic heterocycles. The van der Waals surface area contributed by atoms with Gasteiger partial charge in [0.05, 0.1) is 16.7 Å². The Morgan fingerprint density at radius 2 is 1.12 bits per heavy atom. The molecule has 6 aromatic carbocycles. The lowest BCUT2D eigenvalue weighted by molar-refractivity contribution is 0.479. The van der Waals surface area contributed by atoms with Gasteiger partial charge in [-0.2, -0.15) is 0 Å². The Balaban J connectivity index is 1.33. The lowest BCUT2D eigenvalue weighted by Gasteiger charge is -2.33. The number of fused-ring (bicyclic) bond motifs is 7. The van der Waals surface area contributed by atoms with Gasteiger partial charge in [0.15, 0.2) is 0 Å². The van der Waals surface area contributed by atoms with Gasteiger partial charge in [0.1, 0.15) is 17.2 Å². The molecule has 3 nitrogen and oxygen atoms in total. The zero-order valence-corrected chi connectivity index (χ0v) is 21.5. The lowest BCUT2D eigenvalue weighted by atomic mass is 9.50. The fourth-order valence-corrected chi connectivity index (χ4v) is 6.56. The molecule has 0 aliphatic carbocycles. The summed E-state index contributed by atoms with van der Waals surface area (Å²) in [5, 5.41) is 2.50. The first-order valence-electron chi connectivity index (χ1n) is 13.6. The van der Waals surface area contributed by atoms with Crippen molar-refractivity contribution >= 4 is 39.6 Å². The van der Waals surface area contributed by atoms with Crippen LogP contribution in [0.1, 0.15) is 0 Å². The van der Waals surface area contributed by atoms with Crippen molar-refractivity contribution in [1.82, 2.24) is 4.57 Å². The van der Waals surface area contributed by atoms with Gasteiger partial charge in [-0.1, -0.05) is 91.0 Å². The minimum absolute atomic E-state index is 0.202. The van der Waals surface area contributed by atoms with Crippen molar-refractivity contribution < 1.29 is 9.39 Å². The third-order valence-corrected chi connectivity index (χ3v) is 8.28. The summed E-state index contributed by atoms with van der Waals surface area (Å²) in [6.07, 6.45) is 0. The molecule has 2 aliphatic rings. The second kappa shape index (κ2) is 8.14. The van der Waals surface area contributed by atoms with Crippen LogP contribution in [0.4, 0.5) is 0 Å². The van der Waals surface area contributed by atoms with Crippen LogP contribution in [0.25, 0.3) is 49.7 Å². The van der Waals surface area contributed by atoms with E-state index in [2.05, 4.69) is 114 Å². The third-order valence-electron chi connectivity index (χ3n) is 8.28. The van der Waals surface area contributed by atoms with Crippen LogP contribution >= 0.6 is 0 Å². The first-order valence-corrected chi connectivity index (χ1v) is 13.6. The quantitative estimate of drug-likeness (QED) is 0.222. The van der Waals surface area contributed by atoms with Crippen LogP contribution in [0.2, 0.25) is 0 Å². The van der Waals surface area contributed by atoms with E-state index >= 15 is 0 Å². The van der Waals surface area contributed by atoms with E-state index in [9.17, 15) is 0 Å². The molecule has 3 heterocycles. The number of ether oxygens (including phenoxy) is 1. The van der Waals surface area contributed by atoms with E-state index in [1.165, 1.54) is 21.8 Å². The van der Waals surface area contributed by atoms with Crippen molar-refractivity contribution in [3.8, 4) is 45.2 Å². The highest BCUT2D eigenvalue weighted by Gasteiger charge is 2.40. The van der Waals surface area contributed by atoms with Crippen LogP contribution < -0.4 is 20.3 Å². The molecule has 0 radical (unpaired) electrons. The minimum Gasteiger partial charge on any atom is -0.551 e. The maximum Gasteiger partial charge on any atom is 0.434 e. The fraction of sp³-hybridized carbons (Fsp3) is 0. The van der Waals surface area contributed by atoms with E-state index in [4.69, 9.17) is 9.39 Å². The first kappa shape index (κ1) is 21.7. The highest BCUT2D eigenvalue weighted by atomic mass is 16.5. The molecule has 186 valence electrons. The topological polar surface area (TPSA) is 23.4 Å². The van der Waals surface area contributed by atoms with Gasteiger partial charge in [0.25, 0.3) is 0 Å². The summed E-state index contributed by atoms with van der Waals surface area (Å²) in [5.41, 5.74) is 10.2. The molecule has 0 saturated heterocycles. The Hall–Kier alpha value is -5.22. The zero-order chi connectivity index (χ0) is 26.2. The summed E-state index contributed by atoms with van der Waals surface area (Å²) >= 11 is 0. The van der Waals surface area contributed by atoms with Crippen LogP contribution in [0.3, 0.4) is 0 Å². The van der Waals surface area contributed by atoms with Crippen molar-refractivity contribution in [2.24, 2.45) is 0 Å². The number of hydrogen-bond donors (Lipinski definition) is 0. The molecule has 9 rings (SSSR count). The number of aromatic nitrogens is 1. The lowest BCUT2D eigenvalue weighted by Crippen LogP contribution is -2.53. The van der Waals surface area contributed by atoms with E-state index in [0.717, 1.165) is 56.1 Å². The van der Waals surface area contributed by atoms with Crippen molar-refractivity contribution in [3.05, 3.63) is 133 Å². The van der Waals surface area contributed by atoms with Crippen molar-refractivity contribution in [2.45, 2.75) is 0 Å². The molecule has 0 amide bonds. The van der Waals surface area contributed by atoms with Gasteiger partial charge in [-0.25, -0.2) is 0 Å². The minimum atomic E-state index is -0.202. The van der Waals surface area contributed by atoms with Crippen LogP contribution in [0.5, 0.6) is 17.2 Å². The Morgan fingerprint density at radius 1 is 0.500 bits per heavy atom. The molecule has 0 atom stereocenters. The highest BCUT2D eigenvalue weighted by Crippen LogP contribution is 2.43. The smallest absolute Gasteiger partial charge is 0.434 e. The summed E-state index contributed by atoms with van der Waals surface area (Å²) in [7, 11) is 0. The van der Waals surface area contributed by atoms with E-state index in [1.807, 2.05) is 24.3 Å². The van der Waals surface area contributed by atoms with Crippen LogP contribution in [0, 0.1) is 0 Å². The van der Waals surface area contributed by atoms with Crippen molar-refractivity contribution in [2.75, 3.05) is 0 Å². The van der Waals surface area contributed by atoms with Gasteiger partial charge in [-0.05, 0) is 53.6 Å². The van der Waals surface area contributed by atoms with Gasteiger partial charge in [0.2, 0.25) is 0 Å². The molecule has 7 aromatic rings. The second-order valence-electron chi connectivity index (χ2n) is 10.5.